The van der Waals surface area contributed by atoms with Gasteiger partial charge < -0.3 is 23.8 Å². The van der Waals surface area contributed by atoms with Gasteiger partial charge in [-0.3, -0.25) is 14.4 Å². The number of carbonyl (C=O) groups is 3. The summed E-state index contributed by atoms with van der Waals surface area (Å²) >= 11 is 0. The summed E-state index contributed by atoms with van der Waals surface area (Å²) in [6.07, 6.45) is 2.95. The van der Waals surface area contributed by atoms with Crippen molar-refractivity contribution in [1.29, 1.82) is 0 Å². The summed E-state index contributed by atoms with van der Waals surface area (Å²) in [6.45, 7) is 0.774. The summed E-state index contributed by atoms with van der Waals surface area (Å²) in [4.78, 5) is 39.5. The average molecular weight is 494 g/mol. The molecule has 0 radical (unpaired) electrons. The molecule has 4 aliphatic rings. The lowest BCUT2D eigenvalue weighted by molar-refractivity contribution is -0.198. The van der Waals surface area contributed by atoms with Gasteiger partial charge in [0.05, 0.1) is 26.7 Å². The number of rotatable bonds is 8. The quantitative estimate of drug-likeness (QED) is 0.521. The number of methoxy groups -OCH3 is 3. The van der Waals surface area contributed by atoms with Gasteiger partial charge in [0.15, 0.2) is 0 Å². The van der Waals surface area contributed by atoms with Crippen LogP contribution in [0.1, 0.15) is 41.6 Å². The van der Waals surface area contributed by atoms with Crippen molar-refractivity contribution in [2.24, 2.45) is 10.8 Å². The molecule has 0 spiro atoms. The van der Waals surface area contributed by atoms with E-state index in [-0.39, 0.29) is 41.8 Å². The van der Waals surface area contributed by atoms with Crippen LogP contribution in [-0.2, 0) is 24.5 Å². The molecule has 2 aromatic rings. The van der Waals surface area contributed by atoms with Crippen molar-refractivity contribution in [3.05, 3.63) is 59.7 Å². The standard InChI is InChI=1S/C28H31NO7/c1-33-21-8-4-19(5-9-21)23(30)29-13-12-26(17-29,24(31)34-2)18-36-22-10-6-20(7-11-22)27-14-28(15-27,16-27)25(32)35-3/h4-11H,12-18H2,1-3H3. The molecule has 8 nitrogen and oxygen atoms in total. The van der Waals surface area contributed by atoms with Crippen LogP contribution in [0.4, 0.5) is 0 Å². The molecule has 190 valence electrons. The molecule has 36 heavy (non-hydrogen) atoms. The fourth-order valence-corrected chi connectivity index (χ4v) is 6.18. The Morgan fingerprint density at radius 1 is 0.833 bits per heavy atom. The highest BCUT2D eigenvalue weighted by Crippen LogP contribution is 2.74. The number of likely N-dealkylation sites (tertiary alicyclic amines) is 1. The number of ether oxygens (including phenoxy) is 4. The Labute approximate surface area is 210 Å². The van der Waals surface area contributed by atoms with Crippen molar-refractivity contribution in [1.82, 2.24) is 4.90 Å². The maximum absolute atomic E-state index is 13.0. The molecule has 1 saturated heterocycles. The van der Waals surface area contributed by atoms with Gasteiger partial charge in [-0.1, -0.05) is 12.1 Å². The van der Waals surface area contributed by atoms with E-state index in [4.69, 9.17) is 18.9 Å². The molecule has 2 bridgehead atoms. The highest BCUT2D eigenvalue weighted by molar-refractivity contribution is 5.95. The van der Waals surface area contributed by atoms with Gasteiger partial charge in [-0.15, -0.1) is 0 Å². The van der Waals surface area contributed by atoms with Gasteiger partial charge >= 0.3 is 11.9 Å². The topological polar surface area (TPSA) is 91.4 Å². The zero-order valence-corrected chi connectivity index (χ0v) is 20.9. The molecule has 0 aromatic heterocycles. The van der Waals surface area contributed by atoms with Crippen molar-refractivity contribution < 1.29 is 33.3 Å². The Kier molecular flexibility index (Phi) is 5.93. The van der Waals surface area contributed by atoms with Crippen molar-refractivity contribution in [2.75, 3.05) is 41.0 Å². The van der Waals surface area contributed by atoms with Crippen LogP contribution in [-0.4, -0.2) is 63.8 Å². The Hall–Kier alpha value is -3.55. The highest BCUT2D eigenvalue weighted by atomic mass is 16.5. The normalized spacial score (nSPS) is 27.9. The second-order valence-electron chi connectivity index (χ2n) is 10.4. The van der Waals surface area contributed by atoms with Gasteiger partial charge in [0.1, 0.15) is 23.5 Å². The summed E-state index contributed by atoms with van der Waals surface area (Å²) in [6, 6.07) is 14.8. The molecule has 6 rings (SSSR count). The molecule has 0 N–H and O–H groups in total. The smallest absolute Gasteiger partial charge is 0.317 e. The molecule has 1 aliphatic heterocycles. The van der Waals surface area contributed by atoms with Gasteiger partial charge in [-0.05, 0) is 73.1 Å². The van der Waals surface area contributed by atoms with E-state index in [1.807, 2.05) is 24.3 Å². The second kappa shape index (κ2) is 8.84. The van der Waals surface area contributed by atoms with Crippen LogP contribution in [0, 0.1) is 10.8 Å². The van der Waals surface area contributed by atoms with Crippen molar-refractivity contribution in [2.45, 2.75) is 31.1 Å². The SMILES string of the molecule is COC(=O)C1(COc2ccc(C34CC(C(=O)OC)(C3)C4)cc2)CCN(C(=O)c2ccc(OC)cc2)C1. The summed E-state index contributed by atoms with van der Waals surface area (Å²) in [7, 11) is 4.38. The van der Waals surface area contributed by atoms with Gasteiger partial charge in [0, 0.05) is 18.7 Å². The third-order valence-electron chi connectivity index (χ3n) is 8.23. The van der Waals surface area contributed by atoms with Gasteiger partial charge in [0.25, 0.3) is 5.91 Å². The average Bonchev–Trinajstić information content (AvgIpc) is 3.31. The third-order valence-corrected chi connectivity index (χ3v) is 8.23. The first-order valence-corrected chi connectivity index (χ1v) is 12.1. The second-order valence-corrected chi connectivity index (χ2v) is 10.4. The lowest BCUT2D eigenvalue weighted by Crippen LogP contribution is -2.68. The summed E-state index contributed by atoms with van der Waals surface area (Å²) in [5.41, 5.74) is 0.578. The minimum absolute atomic E-state index is 0.0632. The van der Waals surface area contributed by atoms with Gasteiger partial charge in [-0.25, -0.2) is 0 Å². The van der Waals surface area contributed by atoms with Gasteiger partial charge in [0.2, 0.25) is 0 Å². The molecule has 3 aliphatic carbocycles. The number of benzene rings is 2. The molecule has 1 atom stereocenters. The predicted molar refractivity (Wildman–Crippen MR) is 130 cm³/mol. The van der Waals surface area contributed by atoms with Crippen LogP contribution in [0.15, 0.2) is 48.5 Å². The zero-order valence-electron chi connectivity index (χ0n) is 20.9. The summed E-state index contributed by atoms with van der Waals surface area (Å²) in [5.74, 6) is 0.695. The zero-order chi connectivity index (χ0) is 25.6. The number of hydrogen-bond donors (Lipinski definition) is 0. The van der Waals surface area contributed by atoms with Crippen LogP contribution in [0.5, 0.6) is 11.5 Å². The molecule has 3 saturated carbocycles. The number of carbonyl (C=O) groups excluding carboxylic acids is 3. The number of amides is 1. The van der Waals surface area contributed by atoms with Crippen LogP contribution in [0.25, 0.3) is 0 Å². The van der Waals surface area contributed by atoms with E-state index in [0.29, 0.717) is 30.0 Å². The van der Waals surface area contributed by atoms with E-state index in [1.165, 1.54) is 19.8 Å². The Balaban J connectivity index is 1.22. The predicted octanol–water partition coefficient (Wildman–Crippen LogP) is 3.37. The molecule has 1 amide bonds. The van der Waals surface area contributed by atoms with E-state index in [1.54, 1.807) is 36.3 Å². The first-order valence-electron chi connectivity index (χ1n) is 12.1. The number of hydrogen-bond acceptors (Lipinski definition) is 7. The van der Waals surface area contributed by atoms with Crippen molar-refractivity contribution in [3.8, 4) is 11.5 Å². The number of esters is 2. The number of nitrogens with zero attached hydrogens (tertiary/aromatic N) is 1. The van der Waals surface area contributed by atoms with Crippen LogP contribution in [0.3, 0.4) is 0 Å². The van der Waals surface area contributed by atoms with E-state index in [0.717, 1.165) is 19.3 Å². The fraction of sp³-hybridized carbons (Fsp3) is 0.464. The Bertz CT molecular complexity index is 1150. The van der Waals surface area contributed by atoms with E-state index >= 15 is 0 Å². The van der Waals surface area contributed by atoms with Crippen molar-refractivity contribution in [3.63, 3.8) is 0 Å². The molecule has 1 unspecified atom stereocenters. The van der Waals surface area contributed by atoms with E-state index in [2.05, 4.69) is 0 Å². The minimum atomic E-state index is -0.934. The maximum atomic E-state index is 13.0. The first kappa shape index (κ1) is 24.2. The summed E-state index contributed by atoms with van der Waals surface area (Å²) < 4.78 is 21.3. The highest BCUT2D eigenvalue weighted by Gasteiger charge is 2.72. The monoisotopic (exact) mass is 493 g/mol. The minimum Gasteiger partial charge on any atom is -0.497 e. The van der Waals surface area contributed by atoms with Crippen LogP contribution in [0.2, 0.25) is 0 Å². The maximum Gasteiger partial charge on any atom is 0.317 e. The molecule has 2 aromatic carbocycles. The third kappa shape index (κ3) is 3.79. The molecular formula is C28H31NO7. The van der Waals surface area contributed by atoms with Crippen LogP contribution >= 0.6 is 0 Å². The Morgan fingerprint density at radius 3 is 2.03 bits per heavy atom. The first-order chi connectivity index (χ1) is 17.3. The summed E-state index contributed by atoms with van der Waals surface area (Å²) in [5, 5.41) is 0. The van der Waals surface area contributed by atoms with Gasteiger partial charge in [-0.2, -0.15) is 0 Å². The molecule has 8 heteroatoms. The van der Waals surface area contributed by atoms with E-state index in [9.17, 15) is 14.4 Å². The van der Waals surface area contributed by atoms with E-state index < -0.39 is 5.41 Å². The molecular weight excluding hydrogens is 462 g/mol. The lowest BCUT2D eigenvalue weighted by Gasteiger charge is -2.68. The molecule has 1 heterocycles. The van der Waals surface area contributed by atoms with Crippen molar-refractivity contribution >= 4 is 17.8 Å². The molecule has 4 fully saturated rings. The Morgan fingerprint density at radius 2 is 1.44 bits per heavy atom. The van der Waals surface area contributed by atoms with Crippen LogP contribution < -0.4 is 9.47 Å². The lowest BCUT2D eigenvalue weighted by atomic mass is 9.33. The largest absolute Gasteiger partial charge is 0.497 e. The fourth-order valence-electron chi connectivity index (χ4n) is 6.18.